The van der Waals surface area contributed by atoms with E-state index in [0.717, 1.165) is 25.7 Å². The van der Waals surface area contributed by atoms with Gasteiger partial charge in [-0.15, -0.1) is 0 Å². The summed E-state index contributed by atoms with van der Waals surface area (Å²) in [4.78, 5) is 27.6. The number of carbonyl (C=O) groups is 2. The van der Waals surface area contributed by atoms with E-state index in [1.54, 1.807) is 9.80 Å². The Balaban J connectivity index is 1.65. The van der Waals surface area contributed by atoms with Crippen LogP contribution >= 0.6 is 0 Å². The third-order valence-corrected chi connectivity index (χ3v) is 5.83. The van der Waals surface area contributed by atoms with Crippen molar-refractivity contribution in [2.45, 2.75) is 38.3 Å². The number of carboxylic acids is 1. The third-order valence-electron chi connectivity index (χ3n) is 5.83. The standard InChI is InChI=1S/C16H23F3N2O3/c17-16(18,19)5-6-20-7-12-8-21(10-15(12,9-20)14(23)24)13(22)11-3-1-2-4-11/h11-12H,1-10H2,(H,23,24)/t12-,15-/m0/s1. The molecule has 5 nitrogen and oxygen atoms in total. The lowest BCUT2D eigenvalue weighted by Gasteiger charge is -2.27. The SMILES string of the molecule is O=C(C1CCCC1)N1C[C@@H]2CN(CCC(F)(F)F)C[C@]2(C(=O)O)C1. The van der Waals surface area contributed by atoms with Crippen molar-refractivity contribution in [3.05, 3.63) is 0 Å². The monoisotopic (exact) mass is 348 g/mol. The second-order valence-electron chi connectivity index (χ2n) is 7.46. The van der Waals surface area contributed by atoms with Crippen LogP contribution in [0.15, 0.2) is 0 Å². The molecule has 1 amide bonds. The van der Waals surface area contributed by atoms with Gasteiger partial charge in [0.05, 0.1) is 6.42 Å². The average molecular weight is 348 g/mol. The van der Waals surface area contributed by atoms with Gasteiger partial charge in [0.2, 0.25) is 5.91 Å². The van der Waals surface area contributed by atoms with E-state index < -0.39 is 24.0 Å². The molecule has 136 valence electrons. The molecular formula is C16H23F3N2O3. The van der Waals surface area contributed by atoms with E-state index in [1.807, 2.05) is 0 Å². The molecule has 8 heteroatoms. The number of hydrogen-bond donors (Lipinski definition) is 1. The maximum atomic E-state index is 12.6. The Morgan fingerprint density at radius 1 is 1.12 bits per heavy atom. The number of fused-ring (bicyclic) bond motifs is 1. The molecule has 0 aromatic heterocycles. The Bertz CT molecular complexity index is 519. The lowest BCUT2D eigenvalue weighted by Crippen LogP contribution is -2.43. The van der Waals surface area contributed by atoms with Crippen molar-refractivity contribution in [2.75, 3.05) is 32.7 Å². The summed E-state index contributed by atoms with van der Waals surface area (Å²) < 4.78 is 37.2. The highest BCUT2D eigenvalue weighted by Crippen LogP contribution is 2.44. The van der Waals surface area contributed by atoms with Crippen LogP contribution in [0.1, 0.15) is 32.1 Å². The van der Waals surface area contributed by atoms with Crippen LogP contribution in [0.3, 0.4) is 0 Å². The van der Waals surface area contributed by atoms with Gasteiger partial charge in [-0.1, -0.05) is 12.8 Å². The largest absolute Gasteiger partial charge is 0.481 e. The molecular weight excluding hydrogens is 325 g/mol. The fourth-order valence-electron chi connectivity index (χ4n) is 4.53. The molecule has 0 bridgehead atoms. The first-order valence-corrected chi connectivity index (χ1v) is 8.52. The molecule has 3 fully saturated rings. The second kappa shape index (κ2) is 6.20. The molecule has 0 spiro atoms. The maximum Gasteiger partial charge on any atom is 0.390 e. The summed E-state index contributed by atoms with van der Waals surface area (Å²) in [5.41, 5.74) is -1.11. The molecule has 24 heavy (non-hydrogen) atoms. The number of alkyl halides is 3. The van der Waals surface area contributed by atoms with Crippen molar-refractivity contribution in [3.8, 4) is 0 Å². The van der Waals surface area contributed by atoms with Gasteiger partial charge >= 0.3 is 12.1 Å². The number of hydrogen-bond acceptors (Lipinski definition) is 3. The van der Waals surface area contributed by atoms with E-state index in [1.165, 1.54) is 0 Å². The van der Waals surface area contributed by atoms with Gasteiger partial charge in [0, 0.05) is 44.6 Å². The van der Waals surface area contributed by atoms with Crippen LogP contribution in [0.5, 0.6) is 0 Å². The molecule has 2 saturated heterocycles. The van der Waals surface area contributed by atoms with Crippen LogP contribution in [-0.4, -0.2) is 65.7 Å². The minimum Gasteiger partial charge on any atom is -0.481 e. The van der Waals surface area contributed by atoms with Crippen molar-refractivity contribution < 1.29 is 27.9 Å². The van der Waals surface area contributed by atoms with Crippen molar-refractivity contribution in [2.24, 2.45) is 17.3 Å². The molecule has 3 aliphatic rings. The molecule has 2 atom stereocenters. The number of amides is 1. The molecule has 0 aromatic carbocycles. The third kappa shape index (κ3) is 3.25. The van der Waals surface area contributed by atoms with Crippen molar-refractivity contribution in [1.29, 1.82) is 0 Å². The number of carbonyl (C=O) groups excluding carboxylic acids is 1. The van der Waals surface area contributed by atoms with Gasteiger partial charge in [-0.3, -0.25) is 9.59 Å². The number of likely N-dealkylation sites (tertiary alicyclic amines) is 2. The van der Waals surface area contributed by atoms with Crippen LogP contribution in [-0.2, 0) is 9.59 Å². The minimum atomic E-state index is -4.24. The molecule has 2 heterocycles. The maximum absolute atomic E-state index is 12.6. The summed E-state index contributed by atoms with van der Waals surface area (Å²) in [5, 5.41) is 9.70. The van der Waals surface area contributed by atoms with E-state index in [9.17, 15) is 27.9 Å². The molecule has 1 saturated carbocycles. The molecule has 3 rings (SSSR count). The first-order valence-electron chi connectivity index (χ1n) is 8.52. The van der Waals surface area contributed by atoms with Gasteiger partial charge in [-0.2, -0.15) is 13.2 Å². The zero-order valence-corrected chi connectivity index (χ0v) is 13.5. The summed E-state index contributed by atoms with van der Waals surface area (Å²) in [5.74, 6) is -1.25. The first kappa shape index (κ1) is 17.5. The molecule has 0 unspecified atom stereocenters. The number of carboxylic acid groups (broad SMARTS) is 1. The van der Waals surface area contributed by atoms with Crippen molar-refractivity contribution in [1.82, 2.24) is 9.80 Å². The summed E-state index contributed by atoms with van der Waals surface area (Å²) in [6.45, 7) is 0.717. The Morgan fingerprint density at radius 3 is 2.33 bits per heavy atom. The zero-order valence-electron chi connectivity index (χ0n) is 13.5. The highest BCUT2D eigenvalue weighted by Gasteiger charge is 2.58. The van der Waals surface area contributed by atoms with Crippen molar-refractivity contribution >= 4 is 11.9 Å². The van der Waals surface area contributed by atoms with Gasteiger partial charge in [0.15, 0.2) is 0 Å². The quantitative estimate of drug-likeness (QED) is 0.844. The fourth-order valence-corrected chi connectivity index (χ4v) is 4.53. The predicted octanol–water partition coefficient (Wildman–Crippen LogP) is 1.97. The molecule has 0 aromatic rings. The van der Waals surface area contributed by atoms with E-state index in [0.29, 0.717) is 13.1 Å². The smallest absolute Gasteiger partial charge is 0.390 e. The molecule has 1 N–H and O–H groups in total. The Morgan fingerprint density at radius 2 is 1.79 bits per heavy atom. The lowest BCUT2D eigenvalue weighted by molar-refractivity contribution is -0.149. The van der Waals surface area contributed by atoms with E-state index >= 15 is 0 Å². The van der Waals surface area contributed by atoms with Crippen LogP contribution in [0.25, 0.3) is 0 Å². The van der Waals surface area contributed by atoms with Gasteiger partial charge in [0.25, 0.3) is 0 Å². The fraction of sp³-hybridized carbons (Fsp3) is 0.875. The predicted molar refractivity (Wildman–Crippen MR) is 79.2 cm³/mol. The van der Waals surface area contributed by atoms with Crippen LogP contribution in [0.4, 0.5) is 13.2 Å². The molecule has 2 aliphatic heterocycles. The van der Waals surface area contributed by atoms with Crippen LogP contribution < -0.4 is 0 Å². The van der Waals surface area contributed by atoms with Gasteiger partial charge in [-0.05, 0) is 12.8 Å². The molecule has 1 aliphatic carbocycles. The van der Waals surface area contributed by atoms with E-state index in [4.69, 9.17) is 0 Å². The second-order valence-corrected chi connectivity index (χ2v) is 7.46. The van der Waals surface area contributed by atoms with Crippen molar-refractivity contribution in [3.63, 3.8) is 0 Å². The summed E-state index contributed by atoms with van der Waals surface area (Å²) in [7, 11) is 0. The summed E-state index contributed by atoms with van der Waals surface area (Å²) >= 11 is 0. The van der Waals surface area contributed by atoms with E-state index in [-0.39, 0.29) is 37.4 Å². The topological polar surface area (TPSA) is 60.9 Å². The van der Waals surface area contributed by atoms with Crippen LogP contribution in [0.2, 0.25) is 0 Å². The summed E-state index contributed by atoms with van der Waals surface area (Å²) in [6.07, 6.45) is -1.39. The number of halogens is 3. The van der Waals surface area contributed by atoms with Gasteiger partial charge in [0.1, 0.15) is 5.41 Å². The van der Waals surface area contributed by atoms with Crippen LogP contribution in [0, 0.1) is 17.3 Å². The lowest BCUT2D eigenvalue weighted by atomic mass is 9.81. The van der Waals surface area contributed by atoms with E-state index in [2.05, 4.69) is 0 Å². The van der Waals surface area contributed by atoms with Gasteiger partial charge in [-0.25, -0.2) is 0 Å². The number of aliphatic carboxylic acids is 1. The first-order chi connectivity index (χ1) is 11.2. The normalized spacial score (nSPS) is 31.6. The highest BCUT2D eigenvalue weighted by molar-refractivity contribution is 5.83. The number of nitrogens with zero attached hydrogens (tertiary/aromatic N) is 2. The average Bonchev–Trinajstić information content (AvgIpc) is 3.17. The molecule has 0 radical (unpaired) electrons. The number of rotatable bonds is 4. The van der Waals surface area contributed by atoms with Gasteiger partial charge < -0.3 is 14.9 Å². The Labute approximate surface area is 138 Å². The Hall–Kier alpha value is -1.31. The Kier molecular flexibility index (Phi) is 4.53. The highest BCUT2D eigenvalue weighted by atomic mass is 19.4. The zero-order chi connectivity index (χ0) is 17.5. The summed E-state index contributed by atoms with van der Waals surface area (Å²) in [6, 6.07) is 0. The minimum absolute atomic E-state index is 0.00370.